The molecule has 0 fully saturated rings. The molecule has 0 saturated carbocycles. The minimum Gasteiger partial charge on any atom is -0.392 e. The number of aliphatic hydroxyl groups is 1. The normalized spacial score (nSPS) is 10.0. The Morgan fingerprint density at radius 1 is 1.42 bits per heavy atom. The summed E-state index contributed by atoms with van der Waals surface area (Å²) in [6, 6.07) is 1.92. The molecule has 1 N–H and O–H groups in total. The molecule has 0 aliphatic heterocycles. The fraction of sp³-hybridized carbons (Fsp3) is 0.250. The molecule has 4 heteroatoms. The van der Waals surface area contributed by atoms with Crippen molar-refractivity contribution in [3.63, 3.8) is 0 Å². The van der Waals surface area contributed by atoms with E-state index >= 15 is 0 Å². The quantitative estimate of drug-likeness (QED) is 0.650. The number of halogens is 2. The minimum atomic E-state index is -0.665. The third-order valence-corrected chi connectivity index (χ3v) is 1.64. The summed E-state index contributed by atoms with van der Waals surface area (Å²) in [5, 5.41) is 8.75. The number of rotatable bonds is 2. The molecule has 0 bridgehead atoms. The van der Waals surface area contributed by atoms with Crippen LogP contribution in [0.25, 0.3) is 0 Å². The van der Waals surface area contributed by atoms with Crippen LogP contribution in [0.4, 0.5) is 8.78 Å². The van der Waals surface area contributed by atoms with Crippen molar-refractivity contribution in [1.29, 1.82) is 0 Å². The Bertz CT molecular complexity index is 289. The van der Waals surface area contributed by atoms with Gasteiger partial charge in [-0.2, -0.15) is 0 Å². The third kappa shape index (κ3) is 1.64. The first-order valence-corrected chi connectivity index (χ1v) is 3.57. The van der Waals surface area contributed by atoms with Crippen LogP contribution in [-0.2, 0) is 6.61 Å². The van der Waals surface area contributed by atoms with Crippen LogP contribution >= 0.6 is 0 Å². The predicted molar refractivity (Wildman–Crippen MR) is 43.5 cm³/mol. The van der Waals surface area contributed by atoms with E-state index < -0.39 is 11.6 Å². The monoisotopic (exact) mass is 169 g/mol. The van der Waals surface area contributed by atoms with Crippen LogP contribution in [0.1, 0.15) is 5.56 Å². The van der Waals surface area contributed by atoms with Crippen LogP contribution in [-0.4, -0.2) is 12.4 Å². The fourth-order valence-corrected chi connectivity index (χ4v) is 1.09. The van der Waals surface area contributed by atoms with E-state index in [0.717, 1.165) is 12.1 Å². The molecule has 0 atom stereocenters. The maximum atomic E-state index is 12.9. The average Bonchev–Trinajstić information content (AvgIpc) is 2.03. The average molecular weight is 169 g/mol. The summed E-state index contributed by atoms with van der Waals surface area (Å²) in [5.74, 6) is -1.30. The summed E-state index contributed by atoms with van der Waals surface area (Å²) < 4.78 is 25.5. The molecular formula is C8H8BF2O. The molecule has 63 valence electrons. The highest BCUT2D eigenvalue weighted by atomic mass is 19.1. The van der Waals surface area contributed by atoms with Gasteiger partial charge in [0.1, 0.15) is 11.6 Å². The topological polar surface area (TPSA) is 20.2 Å². The van der Waals surface area contributed by atoms with Crippen LogP contribution in [0, 0.1) is 11.6 Å². The second-order valence-electron chi connectivity index (χ2n) is 2.41. The molecule has 0 amide bonds. The van der Waals surface area contributed by atoms with E-state index in [-0.39, 0.29) is 17.6 Å². The summed E-state index contributed by atoms with van der Waals surface area (Å²) in [6.07, 6.45) is 0. The predicted octanol–water partition coefficient (Wildman–Crippen LogP) is 0.835. The molecule has 0 aromatic heterocycles. The maximum absolute atomic E-state index is 12.9. The molecule has 0 unspecified atom stereocenters. The molecule has 1 rings (SSSR count). The first-order chi connectivity index (χ1) is 5.69. The van der Waals surface area contributed by atoms with Crippen molar-refractivity contribution in [2.75, 3.05) is 0 Å². The zero-order valence-corrected chi connectivity index (χ0v) is 6.64. The minimum absolute atomic E-state index is 0.263. The standard InChI is InChI=1S/C8H8BF2O/c1-9-8-5(4-12)2-6(10)3-7(8)11/h2-3,12H,4H2,1H3. The van der Waals surface area contributed by atoms with Crippen molar-refractivity contribution in [1.82, 2.24) is 0 Å². The Hall–Kier alpha value is -0.895. The van der Waals surface area contributed by atoms with Gasteiger partial charge in [0.25, 0.3) is 0 Å². The molecule has 0 saturated heterocycles. The summed E-state index contributed by atoms with van der Waals surface area (Å²) in [5.41, 5.74) is 0.536. The van der Waals surface area contributed by atoms with Crippen molar-refractivity contribution >= 4 is 12.7 Å². The zero-order valence-electron chi connectivity index (χ0n) is 6.64. The molecule has 1 radical (unpaired) electrons. The molecular weight excluding hydrogens is 161 g/mol. The Balaban J connectivity index is 3.24. The van der Waals surface area contributed by atoms with E-state index in [9.17, 15) is 8.78 Å². The van der Waals surface area contributed by atoms with Gasteiger partial charge >= 0.3 is 0 Å². The van der Waals surface area contributed by atoms with E-state index in [4.69, 9.17) is 5.11 Å². The summed E-state index contributed by atoms with van der Waals surface area (Å²) in [6.45, 7) is 1.28. The third-order valence-electron chi connectivity index (χ3n) is 1.64. The van der Waals surface area contributed by atoms with Gasteiger partial charge < -0.3 is 5.11 Å². The van der Waals surface area contributed by atoms with E-state index in [0.29, 0.717) is 0 Å². The van der Waals surface area contributed by atoms with Crippen LogP contribution < -0.4 is 5.46 Å². The van der Waals surface area contributed by atoms with Gasteiger partial charge in [-0.3, -0.25) is 0 Å². The van der Waals surface area contributed by atoms with Gasteiger partial charge in [-0.05, 0) is 17.1 Å². The summed E-state index contributed by atoms with van der Waals surface area (Å²) in [7, 11) is 1.50. The molecule has 0 heterocycles. The van der Waals surface area contributed by atoms with Gasteiger partial charge in [-0.25, -0.2) is 8.78 Å². The lowest BCUT2D eigenvalue weighted by Gasteiger charge is -2.05. The van der Waals surface area contributed by atoms with Crippen molar-refractivity contribution in [2.45, 2.75) is 13.4 Å². The second kappa shape index (κ2) is 3.67. The molecule has 1 aromatic rings. The van der Waals surface area contributed by atoms with Crippen molar-refractivity contribution in [2.24, 2.45) is 0 Å². The van der Waals surface area contributed by atoms with E-state index in [1.54, 1.807) is 6.82 Å². The molecule has 0 aliphatic rings. The van der Waals surface area contributed by atoms with Crippen molar-refractivity contribution in [3.8, 4) is 0 Å². The SMILES string of the molecule is C[B]c1c(F)cc(F)cc1CO. The lowest BCUT2D eigenvalue weighted by molar-refractivity contribution is 0.281. The highest BCUT2D eigenvalue weighted by molar-refractivity contribution is 6.52. The Morgan fingerprint density at radius 2 is 2.08 bits per heavy atom. The van der Waals surface area contributed by atoms with Gasteiger partial charge in [0.05, 0.1) is 6.61 Å². The molecule has 0 spiro atoms. The Labute approximate surface area is 70.3 Å². The van der Waals surface area contributed by atoms with Crippen LogP contribution in [0.2, 0.25) is 6.82 Å². The van der Waals surface area contributed by atoms with Crippen LogP contribution in [0.3, 0.4) is 0 Å². The van der Waals surface area contributed by atoms with Gasteiger partial charge in [0, 0.05) is 6.07 Å². The highest BCUT2D eigenvalue weighted by Crippen LogP contribution is 2.05. The first-order valence-electron chi connectivity index (χ1n) is 3.57. The maximum Gasteiger partial charge on any atom is 0.152 e. The Kier molecular flexibility index (Phi) is 2.81. The van der Waals surface area contributed by atoms with Gasteiger partial charge in [-0.1, -0.05) is 6.82 Å². The zero-order chi connectivity index (χ0) is 9.14. The second-order valence-corrected chi connectivity index (χ2v) is 2.41. The number of aliphatic hydroxyl groups excluding tert-OH is 1. The van der Waals surface area contributed by atoms with E-state index in [2.05, 4.69) is 0 Å². The number of hydrogen-bond donors (Lipinski definition) is 1. The first kappa shape index (κ1) is 9.19. The van der Waals surface area contributed by atoms with E-state index in [1.807, 2.05) is 0 Å². The molecule has 1 nitrogen and oxygen atoms in total. The summed E-state index contributed by atoms with van der Waals surface area (Å²) in [4.78, 5) is 0. The molecule has 0 aliphatic carbocycles. The summed E-state index contributed by atoms with van der Waals surface area (Å²) >= 11 is 0. The molecule has 12 heavy (non-hydrogen) atoms. The van der Waals surface area contributed by atoms with E-state index in [1.165, 1.54) is 7.28 Å². The lowest BCUT2D eigenvalue weighted by Crippen LogP contribution is -2.21. The van der Waals surface area contributed by atoms with Crippen molar-refractivity contribution in [3.05, 3.63) is 29.3 Å². The van der Waals surface area contributed by atoms with Crippen LogP contribution in [0.5, 0.6) is 0 Å². The van der Waals surface area contributed by atoms with Crippen LogP contribution in [0.15, 0.2) is 12.1 Å². The largest absolute Gasteiger partial charge is 0.392 e. The lowest BCUT2D eigenvalue weighted by atomic mass is 9.70. The highest BCUT2D eigenvalue weighted by Gasteiger charge is 2.08. The van der Waals surface area contributed by atoms with Crippen molar-refractivity contribution < 1.29 is 13.9 Å². The number of hydrogen-bond acceptors (Lipinski definition) is 1. The van der Waals surface area contributed by atoms with Gasteiger partial charge in [0.15, 0.2) is 7.28 Å². The fourth-order valence-electron chi connectivity index (χ4n) is 1.09. The smallest absolute Gasteiger partial charge is 0.152 e. The number of benzene rings is 1. The van der Waals surface area contributed by atoms with Gasteiger partial charge in [-0.15, -0.1) is 0 Å². The Morgan fingerprint density at radius 3 is 2.58 bits per heavy atom. The molecule has 1 aromatic carbocycles. The van der Waals surface area contributed by atoms with Gasteiger partial charge in [0.2, 0.25) is 0 Å².